The van der Waals surface area contributed by atoms with Gasteiger partial charge >= 0.3 is 0 Å². The van der Waals surface area contributed by atoms with Crippen LogP contribution >= 0.6 is 0 Å². The Hall–Kier alpha value is -3.41. The molecule has 1 saturated heterocycles. The zero-order chi connectivity index (χ0) is 20.8. The van der Waals surface area contributed by atoms with Crippen LogP contribution in [0.3, 0.4) is 0 Å². The maximum Gasteiger partial charge on any atom is 0.251 e. The number of nitrogens with one attached hydrogen (secondary N) is 2. The molecule has 2 N–H and O–H groups in total. The molecule has 3 rings (SSSR count). The van der Waals surface area contributed by atoms with Gasteiger partial charge in [-0.2, -0.15) is 0 Å². The molecule has 6 heteroatoms. The summed E-state index contributed by atoms with van der Waals surface area (Å²) in [6.45, 7) is 6.32. The summed E-state index contributed by atoms with van der Waals surface area (Å²) in [6, 6.07) is 16.4. The molecule has 0 radical (unpaired) electrons. The predicted molar refractivity (Wildman–Crippen MR) is 112 cm³/mol. The summed E-state index contributed by atoms with van der Waals surface area (Å²) >= 11 is 0. The molecular weight excluding hydrogens is 366 g/mol. The Kier molecular flexibility index (Phi) is 6.44. The van der Waals surface area contributed by atoms with Gasteiger partial charge in [0.2, 0.25) is 11.8 Å². The molecule has 2 aromatic rings. The third-order valence-electron chi connectivity index (χ3n) is 5.10. The Bertz CT molecular complexity index is 893. The van der Waals surface area contributed by atoms with Gasteiger partial charge in [0.05, 0.1) is 12.0 Å². The Morgan fingerprint density at radius 1 is 1.17 bits per heavy atom. The minimum absolute atomic E-state index is 0.0178. The van der Waals surface area contributed by atoms with Crippen molar-refractivity contribution < 1.29 is 14.4 Å². The van der Waals surface area contributed by atoms with Crippen molar-refractivity contribution in [2.75, 3.05) is 18.4 Å². The Morgan fingerprint density at radius 3 is 2.52 bits per heavy atom. The van der Waals surface area contributed by atoms with E-state index < -0.39 is 5.92 Å². The van der Waals surface area contributed by atoms with Gasteiger partial charge in [0.25, 0.3) is 5.91 Å². The van der Waals surface area contributed by atoms with Crippen LogP contribution in [0, 0.1) is 5.92 Å². The van der Waals surface area contributed by atoms with Gasteiger partial charge in [-0.25, -0.2) is 0 Å². The second-order valence-corrected chi connectivity index (χ2v) is 7.10. The molecule has 0 spiro atoms. The molecule has 0 aliphatic carbocycles. The Labute approximate surface area is 170 Å². The van der Waals surface area contributed by atoms with E-state index >= 15 is 0 Å². The number of hydrogen-bond donors (Lipinski definition) is 2. The van der Waals surface area contributed by atoms with E-state index in [1.54, 1.807) is 35.2 Å². The van der Waals surface area contributed by atoms with Crippen molar-refractivity contribution in [2.45, 2.75) is 19.4 Å². The van der Waals surface area contributed by atoms with Crippen LogP contribution in [0.5, 0.6) is 0 Å². The molecule has 1 heterocycles. The maximum absolute atomic E-state index is 12.6. The number of carbonyl (C=O) groups is 3. The summed E-state index contributed by atoms with van der Waals surface area (Å²) in [5.41, 5.74) is 2.15. The van der Waals surface area contributed by atoms with Gasteiger partial charge in [-0.15, -0.1) is 6.58 Å². The fourth-order valence-electron chi connectivity index (χ4n) is 3.41. The summed E-state index contributed by atoms with van der Waals surface area (Å²) < 4.78 is 0. The second kappa shape index (κ2) is 9.19. The van der Waals surface area contributed by atoms with Gasteiger partial charge in [0, 0.05) is 30.8 Å². The van der Waals surface area contributed by atoms with Crippen molar-refractivity contribution in [2.24, 2.45) is 5.92 Å². The summed E-state index contributed by atoms with van der Waals surface area (Å²) in [6.07, 6.45) is 1.81. The second-order valence-electron chi connectivity index (χ2n) is 7.10. The van der Waals surface area contributed by atoms with Crippen LogP contribution in [0.15, 0.2) is 67.3 Å². The van der Waals surface area contributed by atoms with Crippen LogP contribution in [0.4, 0.5) is 5.69 Å². The average Bonchev–Trinajstić information content (AvgIpc) is 3.14. The quantitative estimate of drug-likeness (QED) is 0.712. The van der Waals surface area contributed by atoms with E-state index in [1.807, 2.05) is 37.3 Å². The minimum Gasteiger partial charge on any atom is -0.349 e. The number of benzene rings is 2. The first kappa shape index (κ1) is 20.3. The number of likely N-dealkylation sites (tertiary alicyclic amines) is 1. The zero-order valence-corrected chi connectivity index (χ0v) is 16.4. The summed E-state index contributed by atoms with van der Waals surface area (Å²) in [5.74, 6) is -0.806. The highest BCUT2D eigenvalue weighted by molar-refractivity contribution is 5.98. The minimum atomic E-state index is -0.399. The fraction of sp³-hybridized carbons (Fsp3) is 0.261. The SMILES string of the molecule is C=CCNC(=O)c1ccc(NC(=O)C2CC(=O)N(C(C)c3ccccc3)C2)cc1. The van der Waals surface area contributed by atoms with Crippen LogP contribution in [0.1, 0.15) is 35.3 Å². The van der Waals surface area contributed by atoms with Gasteiger partial charge in [-0.1, -0.05) is 36.4 Å². The molecule has 1 fully saturated rings. The fourth-order valence-corrected chi connectivity index (χ4v) is 3.41. The number of carbonyl (C=O) groups excluding carboxylic acids is 3. The van der Waals surface area contributed by atoms with E-state index in [9.17, 15) is 14.4 Å². The van der Waals surface area contributed by atoms with Crippen molar-refractivity contribution in [1.29, 1.82) is 0 Å². The van der Waals surface area contributed by atoms with E-state index in [-0.39, 0.29) is 30.2 Å². The monoisotopic (exact) mass is 391 g/mol. The molecular formula is C23H25N3O3. The van der Waals surface area contributed by atoms with Gasteiger partial charge in [0.15, 0.2) is 0 Å². The van der Waals surface area contributed by atoms with Crippen molar-refractivity contribution in [1.82, 2.24) is 10.2 Å². The van der Waals surface area contributed by atoms with Crippen molar-refractivity contribution in [3.05, 3.63) is 78.4 Å². The molecule has 150 valence electrons. The highest BCUT2D eigenvalue weighted by Gasteiger charge is 2.37. The lowest BCUT2D eigenvalue weighted by atomic mass is 10.1. The van der Waals surface area contributed by atoms with Crippen LogP contribution in [0.2, 0.25) is 0 Å². The van der Waals surface area contributed by atoms with Gasteiger partial charge < -0.3 is 15.5 Å². The maximum atomic E-state index is 12.6. The Morgan fingerprint density at radius 2 is 1.86 bits per heavy atom. The molecule has 1 aliphatic rings. The van der Waals surface area contributed by atoms with Crippen LogP contribution in [-0.4, -0.2) is 35.7 Å². The van der Waals surface area contributed by atoms with E-state index in [1.165, 1.54) is 0 Å². The van der Waals surface area contributed by atoms with Crippen LogP contribution in [0.25, 0.3) is 0 Å². The molecule has 6 nitrogen and oxygen atoms in total. The Balaban J connectivity index is 1.59. The van der Waals surface area contributed by atoms with E-state index in [0.29, 0.717) is 24.3 Å². The first-order chi connectivity index (χ1) is 14.0. The van der Waals surface area contributed by atoms with Crippen molar-refractivity contribution in [3.8, 4) is 0 Å². The lowest BCUT2D eigenvalue weighted by molar-refractivity contribution is -0.129. The average molecular weight is 391 g/mol. The summed E-state index contributed by atoms with van der Waals surface area (Å²) in [4.78, 5) is 38.8. The summed E-state index contributed by atoms with van der Waals surface area (Å²) in [7, 11) is 0. The lowest BCUT2D eigenvalue weighted by Crippen LogP contribution is -2.30. The molecule has 3 amide bonds. The molecule has 0 saturated carbocycles. The third kappa shape index (κ3) is 4.90. The van der Waals surface area contributed by atoms with Crippen LogP contribution < -0.4 is 10.6 Å². The number of hydrogen-bond acceptors (Lipinski definition) is 3. The molecule has 2 atom stereocenters. The smallest absolute Gasteiger partial charge is 0.251 e. The van der Waals surface area contributed by atoms with Gasteiger partial charge in [-0.05, 0) is 36.8 Å². The topological polar surface area (TPSA) is 78.5 Å². The molecule has 1 aliphatic heterocycles. The number of rotatable bonds is 7. The first-order valence-corrected chi connectivity index (χ1v) is 9.64. The standard InChI is InChI=1S/C23H25N3O3/c1-3-13-24-22(28)18-9-11-20(12-10-18)25-23(29)19-14-21(27)26(15-19)16(2)17-7-5-4-6-8-17/h3-12,16,19H,1,13-15H2,2H3,(H,24,28)(H,25,29). The third-order valence-corrected chi connectivity index (χ3v) is 5.10. The molecule has 0 aromatic heterocycles. The van der Waals surface area contributed by atoms with Crippen molar-refractivity contribution in [3.63, 3.8) is 0 Å². The van der Waals surface area contributed by atoms with E-state index in [2.05, 4.69) is 17.2 Å². The zero-order valence-electron chi connectivity index (χ0n) is 16.4. The lowest BCUT2D eigenvalue weighted by Gasteiger charge is -2.25. The molecule has 29 heavy (non-hydrogen) atoms. The van der Waals surface area contributed by atoms with E-state index in [4.69, 9.17) is 0 Å². The predicted octanol–water partition coefficient (Wildman–Crippen LogP) is 3.15. The van der Waals surface area contributed by atoms with E-state index in [0.717, 1.165) is 5.56 Å². The highest BCUT2D eigenvalue weighted by atomic mass is 16.2. The van der Waals surface area contributed by atoms with Crippen LogP contribution in [-0.2, 0) is 9.59 Å². The van der Waals surface area contributed by atoms with Gasteiger partial charge in [0.1, 0.15) is 0 Å². The normalized spacial score (nSPS) is 16.9. The number of anilines is 1. The largest absolute Gasteiger partial charge is 0.349 e. The number of nitrogens with zero attached hydrogens (tertiary/aromatic N) is 1. The van der Waals surface area contributed by atoms with Gasteiger partial charge in [-0.3, -0.25) is 14.4 Å². The summed E-state index contributed by atoms with van der Waals surface area (Å²) in [5, 5.41) is 5.55. The molecule has 2 unspecified atom stereocenters. The number of amides is 3. The molecule has 0 bridgehead atoms. The van der Waals surface area contributed by atoms with Crippen molar-refractivity contribution >= 4 is 23.4 Å². The first-order valence-electron chi connectivity index (χ1n) is 9.64. The molecule has 2 aromatic carbocycles. The highest BCUT2D eigenvalue weighted by Crippen LogP contribution is 2.29.